The summed E-state index contributed by atoms with van der Waals surface area (Å²) in [6, 6.07) is 16.6. The van der Waals surface area contributed by atoms with Crippen molar-refractivity contribution < 1.29 is 24.2 Å². The Labute approximate surface area is 218 Å². The lowest BCUT2D eigenvalue weighted by Gasteiger charge is -2.36. The third-order valence-corrected chi connectivity index (χ3v) is 6.47. The van der Waals surface area contributed by atoms with Crippen LogP contribution in [-0.4, -0.2) is 78.0 Å². The van der Waals surface area contributed by atoms with Crippen molar-refractivity contribution in [3.05, 3.63) is 72.1 Å². The van der Waals surface area contributed by atoms with Crippen molar-refractivity contribution in [2.75, 3.05) is 39.3 Å². The van der Waals surface area contributed by atoms with Crippen molar-refractivity contribution in [3.63, 3.8) is 0 Å². The molecule has 1 fully saturated rings. The molecule has 9 nitrogen and oxygen atoms in total. The van der Waals surface area contributed by atoms with Crippen LogP contribution in [0.2, 0.25) is 0 Å². The van der Waals surface area contributed by atoms with Gasteiger partial charge < -0.3 is 25.8 Å². The Morgan fingerprint density at radius 3 is 2.32 bits per heavy atom. The van der Waals surface area contributed by atoms with Gasteiger partial charge in [0.1, 0.15) is 18.4 Å². The number of hydrogen-bond acceptors (Lipinski definition) is 6. The molecule has 0 aliphatic carbocycles. The van der Waals surface area contributed by atoms with Gasteiger partial charge in [-0.05, 0) is 29.7 Å². The molecule has 0 bridgehead atoms. The van der Waals surface area contributed by atoms with Gasteiger partial charge in [-0.15, -0.1) is 0 Å². The van der Waals surface area contributed by atoms with Crippen LogP contribution in [0.15, 0.2) is 54.6 Å². The molecule has 1 radical (unpaired) electrons. The topological polar surface area (TPSA) is 125 Å². The molecule has 2 aromatic carbocycles. The van der Waals surface area contributed by atoms with E-state index in [2.05, 4.69) is 10.2 Å². The fraction of sp³-hybridized carbons (Fsp3) is 0.429. The highest BCUT2D eigenvalue weighted by molar-refractivity contribution is 5.92. The zero-order valence-corrected chi connectivity index (χ0v) is 21.3. The van der Waals surface area contributed by atoms with Gasteiger partial charge in [0.2, 0.25) is 17.7 Å². The summed E-state index contributed by atoms with van der Waals surface area (Å²) >= 11 is 0. The van der Waals surface area contributed by atoms with E-state index in [4.69, 9.17) is 15.6 Å². The number of ether oxygens (including phenoxy) is 1. The Bertz CT molecular complexity index is 1010. The van der Waals surface area contributed by atoms with Crippen molar-refractivity contribution in [3.8, 4) is 5.75 Å². The Morgan fingerprint density at radius 1 is 1.03 bits per heavy atom. The number of hydrogen-bond donors (Lipinski definition) is 3. The van der Waals surface area contributed by atoms with Crippen molar-refractivity contribution in [1.82, 2.24) is 15.1 Å². The molecule has 37 heavy (non-hydrogen) atoms. The quantitative estimate of drug-likeness (QED) is 0.372. The van der Waals surface area contributed by atoms with E-state index < -0.39 is 23.8 Å². The number of piperazine rings is 1. The number of rotatable bonds is 13. The van der Waals surface area contributed by atoms with E-state index in [1.165, 1.54) is 6.42 Å². The van der Waals surface area contributed by atoms with Gasteiger partial charge in [0.15, 0.2) is 0 Å². The summed E-state index contributed by atoms with van der Waals surface area (Å²) in [7, 11) is 0. The molecule has 0 aromatic heterocycles. The molecule has 2 aromatic rings. The summed E-state index contributed by atoms with van der Waals surface area (Å²) in [5.74, 6) is -0.797. The number of carbonyl (C=O) groups excluding carboxylic acids is 3. The lowest BCUT2D eigenvalue weighted by Crippen LogP contribution is -2.55. The molecular weight excluding hydrogens is 472 g/mol. The van der Waals surface area contributed by atoms with Gasteiger partial charge in [0.05, 0.1) is 13.0 Å². The van der Waals surface area contributed by atoms with Crippen LogP contribution in [0.3, 0.4) is 0 Å². The highest BCUT2D eigenvalue weighted by atomic mass is 16.5. The number of nitrogens with one attached hydrogen (secondary N) is 1. The molecule has 0 spiro atoms. The molecule has 3 amide bonds. The molecule has 1 aliphatic rings. The fourth-order valence-electron chi connectivity index (χ4n) is 4.08. The molecule has 0 saturated carbocycles. The third-order valence-electron chi connectivity index (χ3n) is 6.47. The fourth-order valence-corrected chi connectivity index (χ4v) is 4.08. The number of primary amides is 1. The van der Waals surface area contributed by atoms with Crippen LogP contribution in [0, 0.1) is 12.3 Å². The van der Waals surface area contributed by atoms with Crippen LogP contribution in [-0.2, 0) is 27.4 Å². The molecule has 3 rings (SSSR count). The number of amides is 3. The maximum Gasteiger partial charge on any atom is 0.245 e. The minimum absolute atomic E-state index is 0.0806. The van der Waals surface area contributed by atoms with Crippen LogP contribution in [0.1, 0.15) is 24.5 Å². The first-order valence-corrected chi connectivity index (χ1v) is 12.7. The lowest BCUT2D eigenvalue weighted by atomic mass is 10.0. The Hall–Kier alpha value is -3.43. The maximum atomic E-state index is 13.4. The molecule has 1 heterocycles. The van der Waals surface area contributed by atoms with Gasteiger partial charge in [0.25, 0.3) is 0 Å². The summed E-state index contributed by atoms with van der Waals surface area (Å²) in [5.41, 5.74) is 7.24. The second-order valence-corrected chi connectivity index (χ2v) is 9.32. The molecule has 1 aliphatic heterocycles. The van der Waals surface area contributed by atoms with Gasteiger partial charge in [0, 0.05) is 45.1 Å². The summed E-state index contributed by atoms with van der Waals surface area (Å²) in [6.45, 7) is 5.16. The largest absolute Gasteiger partial charge is 0.489 e. The first kappa shape index (κ1) is 28.1. The molecular formula is C28H37N4O5. The van der Waals surface area contributed by atoms with Gasteiger partial charge in [-0.2, -0.15) is 0 Å². The second-order valence-electron chi connectivity index (χ2n) is 9.32. The lowest BCUT2D eigenvalue weighted by molar-refractivity contribution is -0.137. The van der Waals surface area contributed by atoms with Crippen LogP contribution < -0.4 is 15.8 Å². The number of β-amino-alcohol motifs (C(OH)–C–C–N with tert-alkyl or cyclic N) is 1. The molecule has 199 valence electrons. The first-order valence-electron chi connectivity index (χ1n) is 12.7. The van der Waals surface area contributed by atoms with Gasteiger partial charge in [-0.25, -0.2) is 0 Å². The summed E-state index contributed by atoms with van der Waals surface area (Å²) in [4.78, 5) is 41.2. The minimum Gasteiger partial charge on any atom is -0.489 e. The third kappa shape index (κ3) is 9.18. The van der Waals surface area contributed by atoms with Crippen molar-refractivity contribution in [2.45, 2.75) is 32.4 Å². The zero-order chi connectivity index (χ0) is 26.6. The second kappa shape index (κ2) is 14.3. The summed E-state index contributed by atoms with van der Waals surface area (Å²) in [5, 5.41) is 12.0. The van der Waals surface area contributed by atoms with E-state index in [9.17, 15) is 14.4 Å². The van der Waals surface area contributed by atoms with Crippen molar-refractivity contribution in [1.29, 1.82) is 0 Å². The summed E-state index contributed by atoms with van der Waals surface area (Å²) in [6.07, 6.45) is 1.89. The SMILES string of the molecule is CC(C[CH]C(=O)NC(Cc1ccc(OCc2ccccc2)cc1)C(=O)N1CCN(CCO)CC1)C(N)=O. The van der Waals surface area contributed by atoms with Gasteiger partial charge in [-0.3, -0.25) is 19.3 Å². The van der Waals surface area contributed by atoms with E-state index in [1.54, 1.807) is 11.8 Å². The predicted molar refractivity (Wildman–Crippen MR) is 140 cm³/mol. The Morgan fingerprint density at radius 2 is 1.70 bits per heavy atom. The number of aliphatic hydroxyl groups is 1. The van der Waals surface area contributed by atoms with Crippen LogP contribution in [0.25, 0.3) is 0 Å². The first-order chi connectivity index (χ1) is 17.9. The molecule has 1 saturated heterocycles. The highest BCUT2D eigenvalue weighted by Crippen LogP contribution is 2.17. The van der Waals surface area contributed by atoms with Crippen molar-refractivity contribution >= 4 is 17.7 Å². The molecule has 4 N–H and O–H groups in total. The molecule has 2 unspecified atom stereocenters. The van der Waals surface area contributed by atoms with Crippen LogP contribution >= 0.6 is 0 Å². The van der Waals surface area contributed by atoms with E-state index in [0.29, 0.717) is 51.5 Å². The average molecular weight is 510 g/mol. The average Bonchev–Trinajstić information content (AvgIpc) is 2.91. The van der Waals surface area contributed by atoms with E-state index in [-0.39, 0.29) is 18.9 Å². The van der Waals surface area contributed by atoms with Crippen molar-refractivity contribution in [2.24, 2.45) is 11.7 Å². The monoisotopic (exact) mass is 509 g/mol. The zero-order valence-electron chi connectivity index (χ0n) is 21.3. The number of carbonyl (C=O) groups is 3. The van der Waals surface area contributed by atoms with Gasteiger partial charge in [-0.1, -0.05) is 49.4 Å². The predicted octanol–water partition coefficient (Wildman–Crippen LogP) is 1.15. The van der Waals surface area contributed by atoms with E-state index >= 15 is 0 Å². The normalized spacial score (nSPS) is 15.6. The van der Waals surface area contributed by atoms with Crippen LogP contribution in [0.5, 0.6) is 5.75 Å². The maximum absolute atomic E-state index is 13.4. The number of nitrogens with zero attached hydrogens (tertiary/aromatic N) is 2. The Balaban J connectivity index is 1.62. The summed E-state index contributed by atoms with van der Waals surface area (Å²) < 4.78 is 5.85. The number of aliphatic hydroxyl groups excluding tert-OH is 1. The standard InChI is InChI=1S/C28H37N4O5/c1-21(27(29)35)7-12-26(34)30-25(28(36)32-15-13-31(14-16-32)17-18-33)19-22-8-10-24(11-9-22)37-20-23-5-3-2-4-6-23/h2-6,8-12,21,25,33H,7,13-20H2,1H3,(H2,29,35)(H,30,34). The smallest absolute Gasteiger partial charge is 0.245 e. The number of nitrogens with two attached hydrogens (primary N) is 1. The highest BCUT2D eigenvalue weighted by Gasteiger charge is 2.29. The number of benzene rings is 2. The van der Waals surface area contributed by atoms with E-state index in [1.807, 2.05) is 54.6 Å². The van der Waals surface area contributed by atoms with Gasteiger partial charge >= 0.3 is 0 Å². The minimum atomic E-state index is -0.756. The molecule has 9 heteroatoms. The van der Waals surface area contributed by atoms with Crippen LogP contribution in [0.4, 0.5) is 0 Å². The Kier molecular flexibility index (Phi) is 10.9. The molecule has 2 atom stereocenters. The van der Waals surface area contributed by atoms with E-state index in [0.717, 1.165) is 11.1 Å².